The molecule has 3 nitrogen and oxygen atoms in total. The van der Waals surface area contributed by atoms with Crippen LogP contribution in [0, 0.1) is 5.92 Å². The van der Waals surface area contributed by atoms with Crippen LogP contribution in [0.2, 0.25) is 0 Å². The Bertz CT molecular complexity index is 323. The Morgan fingerprint density at radius 2 is 2.21 bits per heavy atom. The van der Waals surface area contributed by atoms with Crippen LogP contribution >= 0.6 is 0 Å². The molecule has 0 saturated heterocycles. The first kappa shape index (κ1) is 8.48. The molecule has 2 heterocycles. The summed E-state index contributed by atoms with van der Waals surface area (Å²) in [5, 5.41) is 7.85. The molecule has 1 saturated carbocycles. The molecule has 3 rings (SSSR count). The van der Waals surface area contributed by atoms with E-state index < -0.39 is 0 Å². The zero-order valence-electron chi connectivity index (χ0n) is 8.50. The quantitative estimate of drug-likeness (QED) is 0.770. The van der Waals surface area contributed by atoms with Gasteiger partial charge >= 0.3 is 0 Å². The van der Waals surface area contributed by atoms with Crippen molar-refractivity contribution in [3.05, 3.63) is 17.5 Å². The van der Waals surface area contributed by atoms with Gasteiger partial charge in [-0.05, 0) is 18.8 Å². The van der Waals surface area contributed by atoms with Gasteiger partial charge in [-0.3, -0.25) is 4.68 Å². The second-order valence-electron chi connectivity index (χ2n) is 4.55. The Kier molecular flexibility index (Phi) is 2.05. The Morgan fingerprint density at radius 1 is 1.36 bits per heavy atom. The SMILES string of the molecule is c1nn(CC2CCCC2)c2c1CNC2. The Hall–Kier alpha value is -0.830. The molecule has 0 bridgehead atoms. The van der Waals surface area contributed by atoms with E-state index in [-0.39, 0.29) is 0 Å². The first-order valence-electron chi connectivity index (χ1n) is 5.68. The van der Waals surface area contributed by atoms with Crippen molar-refractivity contribution in [2.75, 3.05) is 0 Å². The Morgan fingerprint density at radius 3 is 3.07 bits per heavy atom. The molecule has 1 fully saturated rings. The van der Waals surface area contributed by atoms with Crippen molar-refractivity contribution in [3.8, 4) is 0 Å². The number of hydrogen-bond acceptors (Lipinski definition) is 2. The third kappa shape index (κ3) is 1.36. The minimum atomic E-state index is 0.889. The fourth-order valence-electron chi connectivity index (χ4n) is 2.71. The molecule has 0 aromatic carbocycles. The van der Waals surface area contributed by atoms with Crippen LogP contribution in [0.1, 0.15) is 36.9 Å². The summed E-state index contributed by atoms with van der Waals surface area (Å²) in [5.74, 6) is 0.889. The van der Waals surface area contributed by atoms with Crippen LogP contribution in [-0.4, -0.2) is 9.78 Å². The van der Waals surface area contributed by atoms with Gasteiger partial charge in [-0.15, -0.1) is 0 Å². The zero-order valence-corrected chi connectivity index (χ0v) is 8.50. The maximum atomic E-state index is 4.48. The normalized spacial score (nSPS) is 21.7. The van der Waals surface area contributed by atoms with Crippen molar-refractivity contribution in [1.29, 1.82) is 0 Å². The third-order valence-corrected chi connectivity index (χ3v) is 3.55. The van der Waals surface area contributed by atoms with E-state index in [1.807, 2.05) is 6.20 Å². The maximum Gasteiger partial charge on any atom is 0.0567 e. The van der Waals surface area contributed by atoms with Crippen LogP contribution in [0.3, 0.4) is 0 Å². The van der Waals surface area contributed by atoms with Gasteiger partial charge < -0.3 is 5.32 Å². The summed E-state index contributed by atoms with van der Waals surface area (Å²) in [7, 11) is 0. The molecule has 0 radical (unpaired) electrons. The number of fused-ring (bicyclic) bond motifs is 1. The molecule has 0 unspecified atom stereocenters. The average Bonchev–Trinajstić information content (AvgIpc) is 2.85. The van der Waals surface area contributed by atoms with Crippen LogP contribution in [0.25, 0.3) is 0 Å². The Labute approximate surface area is 84.5 Å². The van der Waals surface area contributed by atoms with Gasteiger partial charge in [-0.25, -0.2) is 0 Å². The van der Waals surface area contributed by atoms with Gasteiger partial charge in [0.1, 0.15) is 0 Å². The van der Waals surface area contributed by atoms with Crippen LogP contribution < -0.4 is 5.32 Å². The predicted molar refractivity (Wildman–Crippen MR) is 54.7 cm³/mol. The molecule has 2 aliphatic rings. The van der Waals surface area contributed by atoms with Gasteiger partial charge in [0.25, 0.3) is 0 Å². The zero-order chi connectivity index (χ0) is 9.38. The predicted octanol–water partition coefficient (Wildman–Crippen LogP) is 1.68. The van der Waals surface area contributed by atoms with Gasteiger partial charge in [0.15, 0.2) is 0 Å². The molecule has 0 spiro atoms. The summed E-state index contributed by atoms with van der Waals surface area (Å²) in [5.41, 5.74) is 2.83. The van der Waals surface area contributed by atoms with Crippen LogP contribution in [0.4, 0.5) is 0 Å². The molecule has 3 heteroatoms. The highest BCUT2D eigenvalue weighted by molar-refractivity contribution is 5.21. The van der Waals surface area contributed by atoms with Crippen molar-refractivity contribution < 1.29 is 0 Å². The molecule has 1 N–H and O–H groups in total. The molecular weight excluding hydrogens is 174 g/mol. The molecule has 14 heavy (non-hydrogen) atoms. The summed E-state index contributed by atoms with van der Waals surface area (Å²) in [6.45, 7) is 3.18. The molecule has 0 atom stereocenters. The standard InChI is InChI=1S/C11H17N3/c1-2-4-9(3-1)8-14-11-7-12-5-10(11)6-13-14/h6,9,12H,1-5,7-8H2. The Balaban J connectivity index is 1.76. The van der Waals surface area contributed by atoms with E-state index in [2.05, 4.69) is 15.1 Å². The van der Waals surface area contributed by atoms with Crippen molar-refractivity contribution in [2.45, 2.75) is 45.3 Å². The van der Waals surface area contributed by atoms with Crippen LogP contribution in [0.5, 0.6) is 0 Å². The minimum absolute atomic E-state index is 0.889. The largest absolute Gasteiger partial charge is 0.307 e. The molecule has 0 amide bonds. The summed E-state index contributed by atoms with van der Waals surface area (Å²) < 4.78 is 2.23. The van der Waals surface area contributed by atoms with Crippen molar-refractivity contribution >= 4 is 0 Å². The lowest BCUT2D eigenvalue weighted by Gasteiger charge is -2.11. The second-order valence-corrected chi connectivity index (χ2v) is 4.55. The third-order valence-electron chi connectivity index (χ3n) is 3.55. The highest BCUT2D eigenvalue weighted by atomic mass is 15.3. The number of aromatic nitrogens is 2. The number of hydrogen-bond donors (Lipinski definition) is 1. The molecule has 1 aromatic heterocycles. The van der Waals surface area contributed by atoms with E-state index in [0.717, 1.165) is 25.6 Å². The van der Waals surface area contributed by atoms with Crippen molar-refractivity contribution in [1.82, 2.24) is 15.1 Å². The summed E-state index contributed by atoms with van der Waals surface area (Å²) in [4.78, 5) is 0. The van der Waals surface area contributed by atoms with Gasteiger partial charge in [0.2, 0.25) is 0 Å². The van der Waals surface area contributed by atoms with Gasteiger partial charge in [-0.2, -0.15) is 5.10 Å². The van der Waals surface area contributed by atoms with E-state index >= 15 is 0 Å². The van der Waals surface area contributed by atoms with Gasteiger partial charge in [-0.1, -0.05) is 12.8 Å². The first-order chi connectivity index (χ1) is 6.93. The van der Waals surface area contributed by atoms with E-state index in [4.69, 9.17) is 0 Å². The molecule has 76 valence electrons. The molecule has 1 aliphatic heterocycles. The fourth-order valence-corrected chi connectivity index (χ4v) is 2.71. The fraction of sp³-hybridized carbons (Fsp3) is 0.727. The average molecular weight is 191 g/mol. The number of nitrogens with one attached hydrogen (secondary N) is 1. The molecule has 1 aliphatic carbocycles. The topological polar surface area (TPSA) is 29.9 Å². The summed E-state index contributed by atoms with van der Waals surface area (Å²) >= 11 is 0. The van der Waals surface area contributed by atoms with Gasteiger partial charge in [0.05, 0.1) is 11.9 Å². The van der Waals surface area contributed by atoms with E-state index in [0.29, 0.717) is 0 Å². The second kappa shape index (κ2) is 3.39. The maximum absolute atomic E-state index is 4.48. The highest BCUT2D eigenvalue weighted by Gasteiger charge is 2.20. The lowest BCUT2D eigenvalue weighted by atomic mass is 10.1. The van der Waals surface area contributed by atoms with E-state index in [9.17, 15) is 0 Å². The lowest BCUT2D eigenvalue weighted by Crippen LogP contribution is -2.13. The van der Waals surface area contributed by atoms with Crippen LogP contribution in [0.15, 0.2) is 6.20 Å². The summed E-state index contributed by atoms with van der Waals surface area (Å²) in [6.07, 6.45) is 7.69. The highest BCUT2D eigenvalue weighted by Crippen LogP contribution is 2.27. The first-order valence-corrected chi connectivity index (χ1v) is 5.68. The smallest absolute Gasteiger partial charge is 0.0567 e. The van der Waals surface area contributed by atoms with Crippen LogP contribution in [-0.2, 0) is 19.6 Å². The van der Waals surface area contributed by atoms with Gasteiger partial charge in [0, 0.05) is 25.2 Å². The van der Waals surface area contributed by atoms with Crippen molar-refractivity contribution in [3.63, 3.8) is 0 Å². The molecular formula is C11H17N3. The number of rotatable bonds is 2. The van der Waals surface area contributed by atoms with Crippen molar-refractivity contribution in [2.24, 2.45) is 5.92 Å². The van der Waals surface area contributed by atoms with E-state index in [1.165, 1.54) is 36.9 Å². The minimum Gasteiger partial charge on any atom is -0.307 e. The molecule has 1 aromatic rings. The number of nitrogens with zero attached hydrogens (tertiary/aromatic N) is 2. The lowest BCUT2D eigenvalue weighted by molar-refractivity contribution is 0.418. The monoisotopic (exact) mass is 191 g/mol. The van der Waals surface area contributed by atoms with E-state index in [1.54, 1.807) is 0 Å². The summed E-state index contributed by atoms with van der Waals surface area (Å²) in [6, 6.07) is 0.